The second kappa shape index (κ2) is 11.8. The molecule has 0 saturated heterocycles. The van der Waals surface area contributed by atoms with Crippen molar-refractivity contribution in [2.75, 3.05) is 26.7 Å². The second-order valence-corrected chi connectivity index (χ2v) is 5.60. The SMILES string of the molecule is CNCCC(=O)N(CCC(C)C)CCC(C)C.Cl. The van der Waals surface area contributed by atoms with Gasteiger partial charge in [-0.3, -0.25) is 4.79 Å². The first-order chi connectivity index (χ1) is 7.97. The van der Waals surface area contributed by atoms with Gasteiger partial charge in [-0.05, 0) is 31.7 Å². The molecule has 0 aromatic carbocycles. The van der Waals surface area contributed by atoms with Crippen LogP contribution < -0.4 is 5.32 Å². The molecule has 1 amide bonds. The average Bonchev–Trinajstić information content (AvgIpc) is 2.25. The molecule has 1 N–H and O–H groups in total. The fourth-order valence-corrected chi connectivity index (χ4v) is 1.58. The molecule has 0 fully saturated rings. The minimum atomic E-state index is 0. The summed E-state index contributed by atoms with van der Waals surface area (Å²) in [6.07, 6.45) is 2.82. The lowest BCUT2D eigenvalue weighted by Gasteiger charge is -2.24. The number of carbonyl (C=O) groups excluding carboxylic acids is 1. The fraction of sp³-hybridized carbons (Fsp3) is 0.929. The summed E-state index contributed by atoms with van der Waals surface area (Å²) in [7, 11) is 1.89. The number of rotatable bonds is 9. The highest BCUT2D eigenvalue weighted by Gasteiger charge is 2.13. The number of nitrogens with one attached hydrogen (secondary N) is 1. The average molecular weight is 279 g/mol. The van der Waals surface area contributed by atoms with Gasteiger partial charge in [0.2, 0.25) is 5.91 Å². The Kier molecular flexibility index (Phi) is 13.1. The van der Waals surface area contributed by atoms with Gasteiger partial charge in [-0.2, -0.15) is 0 Å². The first kappa shape index (κ1) is 20.0. The van der Waals surface area contributed by atoms with E-state index in [1.54, 1.807) is 0 Å². The lowest BCUT2D eigenvalue weighted by atomic mass is 10.1. The highest BCUT2D eigenvalue weighted by molar-refractivity contribution is 5.85. The summed E-state index contributed by atoms with van der Waals surface area (Å²) in [6.45, 7) is 11.4. The number of hydrogen-bond acceptors (Lipinski definition) is 2. The highest BCUT2D eigenvalue weighted by Crippen LogP contribution is 2.07. The summed E-state index contributed by atoms with van der Waals surface area (Å²) in [5.41, 5.74) is 0. The van der Waals surface area contributed by atoms with Crippen LogP contribution in [0.15, 0.2) is 0 Å². The zero-order valence-electron chi connectivity index (χ0n) is 12.7. The van der Waals surface area contributed by atoms with E-state index in [1.807, 2.05) is 11.9 Å². The maximum Gasteiger partial charge on any atom is 0.223 e. The van der Waals surface area contributed by atoms with Gasteiger partial charge in [0.05, 0.1) is 0 Å². The van der Waals surface area contributed by atoms with Crippen molar-refractivity contribution in [3.05, 3.63) is 0 Å². The number of hydrogen-bond donors (Lipinski definition) is 1. The number of nitrogens with zero attached hydrogens (tertiary/aromatic N) is 1. The molecular weight excluding hydrogens is 248 g/mol. The van der Waals surface area contributed by atoms with E-state index in [0.29, 0.717) is 24.2 Å². The van der Waals surface area contributed by atoms with E-state index in [0.717, 1.165) is 32.5 Å². The lowest BCUT2D eigenvalue weighted by Crippen LogP contribution is -2.35. The number of carbonyl (C=O) groups is 1. The van der Waals surface area contributed by atoms with Crippen molar-refractivity contribution in [1.29, 1.82) is 0 Å². The number of amides is 1. The monoisotopic (exact) mass is 278 g/mol. The van der Waals surface area contributed by atoms with E-state index >= 15 is 0 Å². The van der Waals surface area contributed by atoms with Crippen LogP contribution in [-0.2, 0) is 4.79 Å². The minimum Gasteiger partial charge on any atom is -0.343 e. The van der Waals surface area contributed by atoms with E-state index in [-0.39, 0.29) is 12.4 Å². The third-order valence-electron chi connectivity index (χ3n) is 2.89. The van der Waals surface area contributed by atoms with Gasteiger partial charge in [-0.1, -0.05) is 27.7 Å². The van der Waals surface area contributed by atoms with Gasteiger partial charge < -0.3 is 10.2 Å². The first-order valence-electron chi connectivity index (χ1n) is 6.89. The van der Waals surface area contributed by atoms with E-state index in [1.165, 1.54) is 0 Å². The molecule has 0 aliphatic heterocycles. The van der Waals surface area contributed by atoms with Gasteiger partial charge in [0.25, 0.3) is 0 Å². The van der Waals surface area contributed by atoms with Crippen LogP contribution in [0.3, 0.4) is 0 Å². The summed E-state index contributed by atoms with van der Waals surface area (Å²) >= 11 is 0. The third-order valence-corrected chi connectivity index (χ3v) is 2.89. The topological polar surface area (TPSA) is 32.3 Å². The first-order valence-corrected chi connectivity index (χ1v) is 6.89. The van der Waals surface area contributed by atoms with Crippen LogP contribution in [0.2, 0.25) is 0 Å². The molecule has 0 atom stereocenters. The predicted molar refractivity (Wildman–Crippen MR) is 81.3 cm³/mol. The van der Waals surface area contributed by atoms with Crippen molar-refractivity contribution >= 4 is 18.3 Å². The Morgan fingerprint density at radius 3 is 1.83 bits per heavy atom. The largest absolute Gasteiger partial charge is 0.343 e. The smallest absolute Gasteiger partial charge is 0.223 e. The molecule has 0 aromatic rings. The quantitative estimate of drug-likeness (QED) is 0.703. The van der Waals surface area contributed by atoms with Crippen LogP contribution >= 0.6 is 12.4 Å². The minimum absolute atomic E-state index is 0. The maximum atomic E-state index is 12.0. The second-order valence-electron chi connectivity index (χ2n) is 5.60. The van der Waals surface area contributed by atoms with Crippen molar-refractivity contribution < 1.29 is 4.79 Å². The molecule has 0 aliphatic rings. The van der Waals surface area contributed by atoms with Gasteiger partial charge in [0.15, 0.2) is 0 Å². The van der Waals surface area contributed by atoms with Crippen LogP contribution in [0, 0.1) is 11.8 Å². The van der Waals surface area contributed by atoms with Crippen LogP contribution in [0.5, 0.6) is 0 Å². The van der Waals surface area contributed by atoms with Crippen LogP contribution in [0.25, 0.3) is 0 Å². The van der Waals surface area contributed by atoms with Gasteiger partial charge >= 0.3 is 0 Å². The van der Waals surface area contributed by atoms with Crippen LogP contribution in [-0.4, -0.2) is 37.5 Å². The molecule has 0 unspecified atom stereocenters. The molecular formula is C14H31ClN2O. The Labute approximate surface area is 119 Å². The van der Waals surface area contributed by atoms with Gasteiger partial charge in [0.1, 0.15) is 0 Å². The summed E-state index contributed by atoms with van der Waals surface area (Å²) in [5, 5.41) is 3.04. The predicted octanol–water partition coefficient (Wildman–Crippen LogP) is 2.94. The molecule has 0 spiro atoms. The molecule has 18 heavy (non-hydrogen) atoms. The molecule has 0 saturated carbocycles. The standard InChI is InChI=1S/C14H30N2O.ClH/c1-12(2)7-10-16(11-8-13(3)4)14(17)6-9-15-5;/h12-13,15H,6-11H2,1-5H3;1H. The van der Waals surface area contributed by atoms with Crippen LogP contribution in [0.1, 0.15) is 47.0 Å². The molecule has 0 rings (SSSR count). The van der Waals surface area contributed by atoms with Crippen molar-refractivity contribution in [1.82, 2.24) is 10.2 Å². The molecule has 3 nitrogen and oxygen atoms in total. The zero-order valence-corrected chi connectivity index (χ0v) is 13.5. The lowest BCUT2D eigenvalue weighted by molar-refractivity contribution is -0.131. The summed E-state index contributed by atoms with van der Waals surface area (Å²) in [5.74, 6) is 1.61. The highest BCUT2D eigenvalue weighted by atomic mass is 35.5. The Hall–Kier alpha value is -0.280. The van der Waals surface area contributed by atoms with Crippen molar-refractivity contribution in [2.45, 2.75) is 47.0 Å². The van der Waals surface area contributed by atoms with Crippen LogP contribution in [0.4, 0.5) is 0 Å². The molecule has 110 valence electrons. The summed E-state index contributed by atoms with van der Waals surface area (Å²) in [4.78, 5) is 14.1. The van der Waals surface area contributed by atoms with Gasteiger partial charge in [-0.25, -0.2) is 0 Å². The molecule has 0 heterocycles. The van der Waals surface area contributed by atoms with Crippen molar-refractivity contribution in [3.8, 4) is 0 Å². The molecule has 0 aliphatic carbocycles. The normalized spacial score (nSPS) is 10.6. The van der Waals surface area contributed by atoms with Gasteiger partial charge in [0, 0.05) is 26.1 Å². The molecule has 0 aromatic heterocycles. The Bertz CT molecular complexity index is 196. The Morgan fingerprint density at radius 2 is 1.50 bits per heavy atom. The Morgan fingerprint density at radius 1 is 1.06 bits per heavy atom. The Balaban J connectivity index is 0. The van der Waals surface area contributed by atoms with Gasteiger partial charge in [-0.15, -0.1) is 12.4 Å². The molecule has 4 heteroatoms. The van der Waals surface area contributed by atoms with Crippen molar-refractivity contribution in [2.24, 2.45) is 11.8 Å². The zero-order chi connectivity index (χ0) is 13.3. The number of halogens is 1. The fourth-order valence-electron chi connectivity index (χ4n) is 1.58. The van der Waals surface area contributed by atoms with E-state index in [4.69, 9.17) is 0 Å². The third kappa shape index (κ3) is 10.8. The summed E-state index contributed by atoms with van der Waals surface area (Å²) < 4.78 is 0. The van der Waals surface area contributed by atoms with E-state index in [2.05, 4.69) is 33.0 Å². The maximum absolute atomic E-state index is 12.0. The van der Waals surface area contributed by atoms with E-state index in [9.17, 15) is 4.79 Å². The summed E-state index contributed by atoms with van der Waals surface area (Å²) in [6, 6.07) is 0. The molecule has 0 radical (unpaired) electrons. The molecule has 0 bridgehead atoms. The van der Waals surface area contributed by atoms with E-state index < -0.39 is 0 Å². The van der Waals surface area contributed by atoms with Crippen molar-refractivity contribution in [3.63, 3.8) is 0 Å².